The molecule has 0 radical (unpaired) electrons. The maximum Gasteiger partial charge on any atom is 0.256 e. The number of nitriles is 1. The van der Waals surface area contributed by atoms with Crippen molar-refractivity contribution in [1.82, 2.24) is 19.6 Å². The number of aromatic nitrogens is 4. The monoisotopic (exact) mass is 285 g/mol. The van der Waals surface area contributed by atoms with Gasteiger partial charge >= 0.3 is 0 Å². The van der Waals surface area contributed by atoms with E-state index in [1.54, 1.807) is 18.2 Å². The van der Waals surface area contributed by atoms with Gasteiger partial charge in [-0.1, -0.05) is 23.7 Å². The molecule has 2 aromatic heterocycles. The van der Waals surface area contributed by atoms with Gasteiger partial charge in [0.05, 0.1) is 12.5 Å². The Morgan fingerprint density at radius 3 is 2.85 bits per heavy atom. The molecule has 0 bridgehead atoms. The lowest BCUT2D eigenvalue weighted by atomic mass is 10.2. The number of ether oxygens (including phenoxy) is 1. The summed E-state index contributed by atoms with van der Waals surface area (Å²) in [5.74, 6) is 1.41. The van der Waals surface area contributed by atoms with E-state index in [0.29, 0.717) is 23.8 Å². The summed E-state index contributed by atoms with van der Waals surface area (Å²) in [6.45, 7) is 0. The normalized spacial score (nSPS) is 10.4. The van der Waals surface area contributed by atoms with E-state index >= 15 is 0 Å². The first-order chi connectivity index (χ1) is 9.76. The fraction of sp³-hybridized carbons (Fsp3) is 0.0769. The van der Waals surface area contributed by atoms with Crippen LogP contribution >= 0.6 is 11.6 Å². The molecule has 0 atom stereocenters. The Bertz CT molecular complexity index is 791. The summed E-state index contributed by atoms with van der Waals surface area (Å²) in [6.07, 6.45) is 1.75. The summed E-state index contributed by atoms with van der Waals surface area (Å²) in [7, 11) is 0. The summed E-state index contributed by atoms with van der Waals surface area (Å²) in [6, 6.07) is 10.9. The van der Waals surface area contributed by atoms with Crippen molar-refractivity contribution in [3.05, 3.63) is 47.4 Å². The number of nitrogens with zero attached hydrogens (tertiary/aromatic N) is 5. The number of rotatable bonds is 3. The first-order valence-electron chi connectivity index (χ1n) is 5.76. The van der Waals surface area contributed by atoms with Crippen LogP contribution in [-0.4, -0.2) is 19.6 Å². The van der Waals surface area contributed by atoms with E-state index in [2.05, 4.69) is 21.1 Å². The first kappa shape index (κ1) is 12.4. The molecule has 1 aromatic carbocycles. The number of benzene rings is 1. The van der Waals surface area contributed by atoms with E-state index in [1.165, 1.54) is 10.8 Å². The van der Waals surface area contributed by atoms with Gasteiger partial charge in [0.2, 0.25) is 5.88 Å². The predicted octanol–water partition coefficient (Wildman–Crippen LogP) is 2.64. The van der Waals surface area contributed by atoms with Crippen LogP contribution < -0.4 is 4.74 Å². The number of halogens is 1. The molecule has 0 aliphatic heterocycles. The van der Waals surface area contributed by atoms with Crippen LogP contribution in [0.15, 0.2) is 36.7 Å². The SMILES string of the molecule is N#CCc1ccc(Oc2cc(Cl)nc3ncnn23)cc1. The van der Waals surface area contributed by atoms with E-state index in [-0.39, 0.29) is 5.15 Å². The van der Waals surface area contributed by atoms with Gasteiger partial charge in [0.25, 0.3) is 5.78 Å². The van der Waals surface area contributed by atoms with E-state index in [0.717, 1.165) is 5.56 Å². The Hall–Kier alpha value is -2.65. The number of fused-ring (bicyclic) bond motifs is 1. The predicted molar refractivity (Wildman–Crippen MR) is 71.6 cm³/mol. The van der Waals surface area contributed by atoms with Crippen molar-refractivity contribution in [3.8, 4) is 17.7 Å². The summed E-state index contributed by atoms with van der Waals surface area (Å²) in [4.78, 5) is 7.98. The molecule has 0 N–H and O–H groups in total. The second-order valence-electron chi connectivity index (χ2n) is 3.97. The van der Waals surface area contributed by atoms with Gasteiger partial charge in [0.15, 0.2) is 0 Å². The van der Waals surface area contributed by atoms with Gasteiger partial charge in [0, 0.05) is 6.07 Å². The van der Waals surface area contributed by atoms with Crippen molar-refractivity contribution >= 4 is 17.4 Å². The van der Waals surface area contributed by atoms with Crippen LogP contribution in [0.1, 0.15) is 5.56 Å². The zero-order valence-electron chi connectivity index (χ0n) is 10.2. The standard InChI is InChI=1S/C13H8ClN5O/c14-11-7-12(19-13(18-11)16-8-17-19)20-10-3-1-9(2-4-10)5-6-15/h1-4,7-8H,5H2. The minimum Gasteiger partial charge on any atom is -0.439 e. The molecular weight excluding hydrogens is 278 g/mol. The third-order valence-corrected chi connectivity index (χ3v) is 2.81. The lowest BCUT2D eigenvalue weighted by molar-refractivity contribution is 0.446. The Balaban J connectivity index is 1.93. The van der Waals surface area contributed by atoms with Crippen molar-refractivity contribution in [3.63, 3.8) is 0 Å². The van der Waals surface area contributed by atoms with Crippen LogP contribution in [-0.2, 0) is 6.42 Å². The molecule has 0 saturated carbocycles. The average molecular weight is 286 g/mol. The maximum absolute atomic E-state index is 8.63. The van der Waals surface area contributed by atoms with Crippen LogP contribution in [0.3, 0.4) is 0 Å². The molecule has 3 aromatic rings. The smallest absolute Gasteiger partial charge is 0.256 e. The third kappa shape index (κ3) is 2.39. The Morgan fingerprint density at radius 1 is 1.30 bits per heavy atom. The van der Waals surface area contributed by atoms with E-state index in [4.69, 9.17) is 21.6 Å². The molecule has 0 fully saturated rings. The molecule has 7 heteroatoms. The highest BCUT2D eigenvalue weighted by Crippen LogP contribution is 2.23. The molecule has 0 spiro atoms. The second-order valence-corrected chi connectivity index (χ2v) is 4.36. The molecule has 0 amide bonds. The highest BCUT2D eigenvalue weighted by molar-refractivity contribution is 6.29. The minimum absolute atomic E-state index is 0.279. The van der Waals surface area contributed by atoms with Crippen molar-refractivity contribution in [2.45, 2.75) is 6.42 Å². The van der Waals surface area contributed by atoms with Crippen LogP contribution in [0, 0.1) is 11.3 Å². The van der Waals surface area contributed by atoms with Gasteiger partial charge in [-0.2, -0.15) is 24.8 Å². The van der Waals surface area contributed by atoms with Crippen LogP contribution in [0.5, 0.6) is 11.6 Å². The quantitative estimate of drug-likeness (QED) is 0.691. The van der Waals surface area contributed by atoms with Crippen LogP contribution in [0.2, 0.25) is 5.15 Å². The molecule has 98 valence electrons. The first-order valence-corrected chi connectivity index (χ1v) is 6.14. The van der Waals surface area contributed by atoms with E-state index < -0.39 is 0 Å². The largest absolute Gasteiger partial charge is 0.439 e. The molecule has 20 heavy (non-hydrogen) atoms. The summed E-state index contributed by atoms with van der Waals surface area (Å²) >= 11 is 5.91. The van der Waals surface area contributed by atoms with Gasteiger partial charge in [-0.15, -0.1) is 0 Å². The molecule has 0 aliphatic rings. The van der Waals surface area contributed by atoms with Crippen molar-refractivity contribution in [2.24, 2.45) is 0 Å². The Morgan fingerprint density at radius 2 is 2.10 bits per heavy atom. The average Bonchev–Trinajstić information content (AvgIpc) is 2.89. The van der Waals surface area contributed by atoms with Gasteiger partial charge in [0.1, 0.15) is 17.2 Å². The summed E-state index contributed by atoms with van der Waals surface area (Å²) in [5.41, 5.74) is 0.929. The van der Waals surface area contributed by atoms with Crippen molar-refractivity contribution < 1.29 is 4.74 Å². The van der Waals surface area contributed by atoms with Gasteiger partial charge in [-0.3, -0.25) is 0 Å². The molecule has 0 unspecified atom stereocenters. The third-order valence-electron chi connectivity index (χ3n) is 2.62. The molecular formula is C13H8ClN5O. The molecule has 3 rings (SSSR count). The zero-order valence-corrected chi connectivity index (χ0v) is 10.9. The molecule has 6 nitrogen and oxygen atoms in total. The molecule has 0 aliphatic carbocycles. The maximum atomic E-state index is 8.63. The van der Waals surface area contributed by atoms with E-state index in [1.807, 2.05) is 12.1 Å². The van der Waals surface area contributed by atoms with Gasteiger partial charge < -0.3 is 4.74 Å². The highest BCUT2D eigenvalue weighted by Gasteiger charge is 2.08. The molecule has 2 heterocycles. The topological polar surface area (TPSA) is 76.1 Å². The van der Waals surface area contributed by atoms with Crippen molar-refractivity contribution in [1.29, 1.82) is 5.26 Å². The van der Waals surface area contributed by atoms with Crippen LogP contribution in [0.25, 0.3) is 5.78 Å². The summed E-state index contributed by atoms with van der Waals surface area (Å²) < 4.78 is 7.17. The lowest BCUT2D eigenvalue weighted by Gasteiger charge is -2.07. The van der Waals surface area contributed by atoms with Crippen LogP contribution in [0.4, 0.5) is 0 Å². The van der Waals surface area contributed by atoms with Gasteiger partial charge in [-0.25, -0.2) is 0 Å². The second kappa shape index (κ2) is 5.15. The Kier molecular flexibility index (Phi) is 3.19. The lowest BCUT2D eigenvalue weighted by Crippen LogP contribution is -1.98. The fourth-order valence-electron chi connectivity index (χ4n) is 1.72. The zero-order chi connectivity index (χ0) is 13.9. The van der Waals surface area contributed by atoms with Gasteiger partial charge in [-0.05, 0) is 17.7 Å². The minimum atomic E-state index is 0.279. The highest BCUT2D eigenvalue weighted by atomic mass is 35.5. The number of hydrogen-bond acceptors (Lipinski definition) is 5. The number of hydrogen-bond donors (Lipinski definition) is 0. The molecule has 0 saturated heterocycles. The summed E-state index contributed by atoms with van der Waals surface area (Å²) in [5, 5.41) is 12.9. The fourth-order valence-corrected chi connectivity index (χ4v) is 1.89. The van der Waals surface area contributed by atoms with Crippen molar-refractivity contribution in [2.75, 3.05) is 0 Å². The van der Waals surface area contributed by atoms with E-state index in [9.17, 15) is 0 Å². The Labute approximate surface area is 119 Å².